The predicted octanol–water partition coefficient (Wildman–Crippen LogP) is 2.62. The lowest BCUT2D eigenvalue weighted by Crippen LogP contribution is -2.24. The van der Waals surface area contributed by atoms with E-state index in [1.54, 1.807) is 7.11 Å². The van der Waals surface area contributed by atoms with E-state index in [1.807, 2.05) is 6.20 Å². The Bertz CT molecular complexity index is 361. The van der Waals surface area contributed by atoms with E-state index in [0.29, 0.717) is 4.75 Å². The molecule has 2 heterocycles. The number of rotatable bonds is 7. The second-order valence-electron chi connectivity index (χ2n) is 5.05. The van der Waals surface area contributed by atoms with Crippen LogP contribution < -0.4 is 5.32 Å². The van der Waals surface area contributed by atoms with Crippen LogP contribution in [0.3, 0.4) is 0 Å². The summed E-state index contributed by atoms with van der Waals surface area (Å²) in [5.41, 5.74) is 0. The van der Waals surface area contributed by atoms with E-state index >= 15 is 0 Å². The van der Waals surface area contributed by atoms with Gasteiger partial charge in [0, 0.05) is 43.9 Å². The number of ether oxygens (including phenoxy) is 1. The zero-order chi connectivity index (χ0) is 12.8. The monoisotopic (exact) mass is 269 g/mol. The van der Waals surface area contributed by atoms with Crippen LogP contribution in [0.15, 0.2) is 12.4 Å². The summed E-state index contributed by atoms with van der Waals surface area (Å²) in [7, 11) is 1.74. The topological polar surface area (TPSA) is 39.1 Å². The molecule has 1 aromatic rings. The molecule has 0 amide bonds. The van der Waals surface area contributed by atoms with E-state index in [2.05, 4.69) is 39.8 Å². The summed E-state index contributed by atoms with van der Waals surface area (Å²) >= 11 is 2.09. The maximum Gasteiger partial charge on any atom is 0.202 e. The van der Waals surface area contributed by atoms with Crippen molar-refractivity contribution in [2.75, 3.05) is 31.3 Å². The van der Waals surface area contributed by atoms with Gasteiger partial charge in [0.2, 0.25) is 5.95 Å². The van der Waals surface area contributed by atoms with Gasteiger partial charge in [-0.2, -0.15) is 11.8 Å². The number of aromatic nitrogens is 2. The Kier molecular flexibility index (Phi) is 4.95. The van der Waals surface area contributed by atoms with Gasteiger partial charge in [-0.25, -0.2) is 4.98 Å². The molecule has 18 heavy (non-hydrogen) atoms. The number of hydrogen-bond donors (Lipinski definition) is 1. The maximum atomic E-state index is 5.04. The van der Waals surface area contributed by atoms with Gasteiger partial charge >= 0.3 is 0 Å². The van der Waals surface area contributed by atoms with E-state index in [9.17, 15) is 0 Å². The molecule has 0 aliphatic carbocycles. The summed E-state index contributed by atoms with van der Waals surface area (Å²) in [5, 5.41) is 3.38. The maximum absolute atomic E-state index is 5.04. The number of methoxy groups -OCH3 is 1. The zero-order valence-electron chi connectivity index (χ0n) is 11.3. The first-order chi connectivity index (χ1) is 8.73. The Hall–Kier alpha value is -0.680. The van der Waals surface area contributed by atoms with Crippen molar-refractivity contribution in [2.24, 2.45) is 0 Å². The third-order valence-corrected chi connectivity index (χ3v) is 4.85. The molecule has 0 radical (unpaired) electrons. The van der Waals surface area contributed by atoms with Crippen molar-refractivity contribution in [1.29, 1.82) is 0 Å². The van der Waals surface area contributed by atoms with E-state index < -0.39 is 0 Å². The summed E-state index contributed by atoms with van der Waals surface area (Å²) in [6.07, 6.45) is 7.60. The highest BCUT2D eigenvalue weighted by molar-refractivity contribution is 8.00. The number of nitrogens with one attached hydrogen (secondary N) is 1. The van der Waals surface area contributed by atoms with Crippen molar-refractivity contribution in [1.82, 2.24) is 9.55 Å². The van der Waals surface area contributed by atoms with Gasteiger partial charge in [-0.3, -0.25) is 0 Å². The fourth-order valence-corrected chi connectivity index (χ4v) is 3.64. The molecule has 1 aliphatic heterocycles. The molecule has 1 aromatic heterocycles. The van der Waals surface area contributed by atoms with Crippen LogP contribution in [0.1, 0.15) is 26.2 Å². The smallest absolute Gasteiger partial charge is 0.202 e. The Morgan fingerprint density at radius 2 is 2.50 bits per heavy atom. The summed E-state index contributed by atoms with van der Waals surface area (Å²) in [6, 6.07) is 0. The minimum Gasteiger partial charge on any atom is -0.385 e. The molecule has 2 rings (SSSR count). The van der Waals surface area contributed by atoms with Crippen LogP contribution in [0, 0.1) is 0 Å². The SMILES string of the molecule is COCCCNc1nccn1CC1(C)CCCS1. The van der Waals surface area contributed by atoms with Crippen molar-refractivity contribution in [2.45, 2.75) is 37.5 Å². The highest BCUT2D eigenvalue weighted by Gasteiger charge is 2.30. The minimum absolute atomic E-state index is 0.379. The Morgan fingerprint density at radius 3 is 3.22 bits per heavy atom. The van der Waals surface area contributed by atoms with E-state index in [-0.39, 0.29) is 0 Å². The number of anilines is 1. The predicted molar refractivity (Wildman–Crippen MR) is 77.3 cm³/mol. The molecule has 1 atom stereocenters. The molecule has 1 unspecified atom stereocenters. The number of hydrogen-bond acceptors (Lipinski definition) is 4. The highest BCUT2D eigenvalue weighted by Crippen LogP contribution is 2.39. The van der Waals surface area contributed by atoms with Gasteiger partial charge in [0.1, 0.15) is 0 Å². The Morgan fingerprint density at radius 1 is 1.61 bits per heavy atom. The molecule has 102 valence electrons. The summed E-state index contributed by atoms with van der Waals surface area (Å²) in [4.78, 5) is 4.39. The van der Waals surface area contributed by atoms with Crippen LogP contribution in [0.25, 0.3) is 0 Å². The molecule has 5 heteroatoms. The molecular weight excluding hydrogens is 246 g/mol. The molecule has 1 saturated heterocycles. The van der Waals surface area contributed by atoms with Crippen LogP contribution in [0.4, 0.5) is 5.95 Å². The van der Waals surface area contributed by atoms with Gasteiger partial charge in [-0.15, -0.1) is 0 Å². The van der Waals surface area contributed by atoms with Gasteiger partial charge in [0.05, 0.1) is 0 Å². The van der Waals surface area contributed by atoms with E-state index in [0.717, 1.165) is 32.1 Å². The largest absolute Gasteiger partial charge is 0.385 e. The van der Waals surface area contributed by atoms with Gasteiger partial charge < -0.3 is 14.6 Å². The number of thioether (sulfide) groups is 1. The molecule has 0 aromatic carbocycles. The van der Waals surface area contributed by atoms with Crippen LogP contribution in [-0.2, 0) is 11.3 Å². The average molecular weight is 269 g/mol. The number of nitrogens with zero attached hydrogens (tertiary/aromatic N) is 2. The Balaban J connectivity index is 1.87. The normalized spacial score (nSPS) is 23.4. The van der Waals surface area contributed by atoms with Crippen LogP contribution in [-0.4, -0.2) is 40.3 Å². The van der Waals surface area contributed by atoms with Crippen molar-refractivity contribution >= 4 is 17.7 Å². The third kappa shape index (κ3) is 3.65. The molecule has 0 saturated carbocycles. The van der Waals surface area contributed by atoms with Crippen LogP contribution in [0.5, 0.6) is 0 Å². The molecule has 0 bridgehead atoms. The lowest BCUT2D eigenvalue weighted by atomic mass is 10.1. The van der Waals surface area contributed by atoms with Crippen LogP contribution in [0.2, 0.25) is 0 Å². The second kappa shape index (κ2) is 6.48. The molecular formula is C13H23N3OS. The first-order valence-electron chi connectivity index (χ1n) is 6.61. The van der Waals surface area contributed by atoms with E-state index in [4.69, 9.17) is 4.74 Å². The Labute approximate surface area is 114 Å². The fraction of sp³-hybridized carbons (Fsp3) is 0.769. The lowest BCUT2D eigenvalue weighted by Gasteiger charge is -2.24. The lowest BCUT2D eigenvalue weighted by molar-refractivity contribution is 0.197. The molecule has 1 N–H and O–H groups in total. The zero-order valence-corrected chi connectivity index (χ0v) is 12.1. The molecule has 1 aliphatic rings. The summed E-state index contributed by atoms with van der Waals surface area (Å²) in [6.45, 7) is 5.11. The van der Waals surface area contributed by atoms with E-state index in [1.165, 1.54) is 18.6 Å². The summed E-state index contributed by atoms with van der Waals surface area (Å²) in [5.74, 6) is 2.28. The number of imidazole rings is 1. The quantitative estimate of drug-likeness (QED) is 0.772. The average Bonchev–Trinajstić information content (AvgIpc) is 2.95. The van der Waals surface area contributed by atoms with Crippen molar-refractivity contribution in [3.05, 3.63) is 12.4 Å². The van der Waals surface area contributed by atoms with Gasteiger partial charge in [-0.1, -0.05) is 0 Å². The highest BCUT2D eigenvalue weighted by atomic mass is 32.2. The van der Waals surface area contributed by atoms with Crippen molar-refractivity contribution in [3.63, 3.8) is 0 Å². The fourth-order valence-electron chi connectivity index (χ4n) is 2.34. The molecule has 0 spiro atoms. The minimum atomic E-state index is 0.379. The summed E-state index contributed by atoms with van der Waals surface area (Å²) < 4.78 is 7.66. The van der Waals surface area contributed by atoms with Crippen molar-refractivity contribution < 1.29 is 4.74 Å². The first-order valence-corrected chi connectivity index (χ1v) is 7.60. The van der Waals surface area contributed by atoms with Crippen LogP contribution >= 0.6 is 11.8 Å². The van der Waals surface area contributed by atoms with Crippen molar-refractivity contribution in [3.8, 4) is 0 Å². The van der Waals surface area contributed by atoms with Gasteiger partial charge in [-0.05, 0) is 31.9 Å². The second-order valence-corrected chi connectivity index (χ2v) is 6.74. The molecule has 4 nitrogen and oxygen atoms in total. The van der Waals surface area contributed by atoms with Gasteiger partial charge in [0.15, 0.2) is 0 Å². The third-order valence-electron chi connectivity index (χ3n) is 3.33. The standard InChI is InChI=1S/C13H23N3OS/c1-13(5-3-10-18-13)11-16-8-7-15-12(16)14-6-4-9-17-2/h7-8H,3-6,9-11H2,1-2H3,(H,14,15). The molecule has 1 fully saturated rings. The first kappa shape index (κ1) is 13.7. The van der Waals surface area contributed by atoms with Gasteiger partial charge in [0.25, 0.3) is 0 Å².